The van der Waals surface area contributed by atoms with E-state index >= 15 is 0 Å². The van der Waals surface area contributed by atoms with Crippen molar-refractivity contribution < 1.29 is 14.6 Å². The molecule has 1 saturated heterocycles. The Morgan fingerprint density at radius 3 is 2.68 bits per heavy atom. The molecular weight excluding hydrogens is 410 g/mol. The zero-order valence-electron chi connectivity index (χ0n) is 17.3. The van der Waals surface area contributed by atoms with Gasteiger partial charge in [-0.25, -0.2) is 9.59 Å². The van der Waals surface area contributed by atoms with Crippen molar-refractivity contribution in [3.63, 3.8) is 0 Å². The molecule has 3 rings (SSSR count). The molecule has 0 amide bonds. The minimum Gasteiger partial charge on any atom is -0.481 e. The van der Waals surface area contributed by atoms with Gasteiger partial charge in [-0.15, -0.1) is 0 Å². The molecule has 2 aromatic heterocycles. The van der Waals surface area contributed by atoms with Crippen LogP contribution in [0.1, 0.15) is 23.8 Å². The van der Waals surface area contributed by atoms with E-state index in [-0.39, 0.29) is 32.0 Å². The second-order valence-electron chi connectivity index (χ2n) is 7.19. The first-order valence-corrected chi connectivity index (χ1v) is 9.55. The van der Waals surface area contributed by atoms with Crippen LogP contribution in [-0.2, 0) is 17.8 Å². The minimum absolute atomic E-state index is 0.0431. The molecule has 1 fully saturated rings. The van der Waals surface area contributed by atoms with Gasteiger partial charge in [-0.3, -0.25) is 18.5 Å². The highest BCUT2D eigenvalue weighted by molar-refractivity contribution is 5.20. The fourth-order valence-electron chi connectivity index (χ4n) is 3.56. The van der Waals surface area contributed by atoms with E-state index in [2.05, 4.69) is 15.0 Å². The van der Waals surface area contributed by atoms with Gasteiger partial charge in [0.15, 0.2) is 0 Å². The van der Waals surface area contributed by atoms with Crippen LogP contribution in [0, 0.1) is 13.8 Å². The van der Waals surface area contributed by atoms with Crippen molar-refractivity contribution in [1.82, 2.24) is 18.7 Å². The van der Waals surface area contributed by atoms with Crippen LogP contribution in [0.3, 0.4) is 0 Å². The summed E-state index contributed by atoms with van der Waals surface area (Å²) >= 11 is 0. The first-order chi connectivity index (χ1) is 14.8. The number of hydrogen-bond acceptors (Lipinski definition) is 8. The predicted molar refractivity (Wildman–Crippen MR) is 108 cm³/mol. The van der Waals surface area contributed by atoms with Crippen molar-refractivity contribution in [3.05, 3.63) is 65.3 Å². The molecule has 1 N–H and O–H groups in total. The van der Waals surface area contributed by atoms with Gasteiger partial charge in [0, 0.05) is 47.9 Å². The van der Waals surface area contributed by atoms with Crippen molar-refractivity contribution in [2.45, 2.75) is 51.7 Å². The average molecular weight is 433 g/mol. The number of azide groups is 1. The van der Waals surface area contributed by atoms with E-state index in [4.69, 9.17) is 15.0 Å². The fraction of sp³-hybridized carbons (Fsp3) is 0.556. The number of methoxy groups -OCH3 is 1. The first kappa shape index (κ1) is 22.3. The summed E-state index contributed by atoms with van der Waals surface area (Å²) < 4.78 is 14.2. The molecule has 0 aromatic carbocycles. The van der Waals surface area contributed by atoms with Gasteiger partial charge in [-0.2, -0.15) is 4.98 Å². The summed E-state index contributed by atoms with van der Waals surface area (Å²) in [4.78, 5) is 44.4. The van der Waals surface area contributed by atoms with Crippen molar-refractivity contribution >= 4 is 0 Å². The van der Waals surface area contributed by atoms with E-state index in [1.807, 2.05) is 0 Å². The average Bonchev–Trinajstić information content (AvgIpc) is 3.15. The van der Waals surface area contributed by atoms with Crippen LogP contribution in [0.4, 0.5) is 0 Å². The summed E-state index contributed by atoms with van der Waals surface area (Å²) in [6.07, 6.45) is 1.54. The van der Waals surface area contributed by atoms with Crippen molar-refractivity contribution in [3.8, 4) is 5.88 Å². The highest BCUT2D eigenvalue weighted by atomic mass is 16.5. The minimum atomic E-state index is -0.807. The molecule has 3 unspecified atom stereocenters. The topological polar surface area (TPSA) is 166 Å². The molecule has 2 aromatic rings. The van der Waals surface area contributed by atoms with Crippen molar-refractivity contribution in [1.29, 1.82) is 0 Å². The standard InChI is InChI=1S/C18H23N7O6/c1-10-7-23(17(28)20-15(10)30-3)4-5-24-16(27)11(2)8-25(18(24)29)14-6-12(21-22-19)13(9-26)31-14/h7-8,12-14,26H,4-6,9H2,1-3H3. The Morgan fingerprint density at radius 1 is 1.29 bits per heavy atom. The van der Waals surface area contributed by atoms with Gasteiger partial charge in [0.1, 0.15) is 6.23 Å². The highest BCUT2D eigenvalue weighted by Crippen LogP contribution is 2.29. The number of aromatic nitrogens is 4. The number of rotatable bonds is 7. The molecular formula is C18H23N7O6. The maximum absolute atomic E-state index is 13.0. The summed E-state index contributed by atoms with van der Waals surface area (Å²) in [5, 5.41) is 13.1. The normalized spacial score (nSPS) is 20.5. The van der Waals surface area contributed by atoms with Gasteiger partial charge in [0.25, 0.3) is 5.56 Å². The summed E-state index contributed by atoms with van der Waals surface area (Å²) in [6.45, 7) is 2.89. The molecule has 1 aliphatic heterocycles. The second kappa shape index (κ2) is 9.16. The second-order valence-corrected chi connectivity index (χ2v) is 7.19. The molecule has 3 heterocycles. The molecule has 0 bridgehead atoms. The molecule has 3 atom stereocenters. The number of hydrogen-bond donors (Lipinski definition) is 1. The highest BCUT2D eigenvalue weighted by Gasteiger charge is 2.36. The SMILES string of the molecule is COc1nc(=O)n(CCn2c(=O)c(C)cn(C3CC(N=[N+]=[N-])C(CO)O3)c2=O)cc1C. The number of ether oxygens (including phenoxy) is 2. The molecule has 166 valence electrons. The Labute approximate surface area is 175 Å². The van der Waals surface area contributed by atoms with Crippen molar-refractivity contribution in [2.24, 2.45) is 5.11 Å². The number of aliphatic hydroxyl groups is 1. The molecule has 0 aliphatic carbocycles. The lowest BCUT2D eigenvalue weighted by Gasteiger charge is -2.18. The molecule has 31 heavy (non-hydrogen) atoms. The molecule has 13 heteroatoms. The van der Waals surface area contributed by atoms with E-state index in [1.165, 1.54) is 22.4 Å². The van der Waals surface area contributed by atoms with E-state index in [1.54, 1.807) is 20.0 Å². The van der Waals surface area contributed by atoms with E-state index in [0.29, 0.717) is 11.1 Å². The third-order valence-corrected chi connectivity index (χ3v) is 5.15. The third-order valence-electron chi connectivity index (χ3n) is 5.15. The first-order valence-electron chi connectivity index (χ1n) is 9.55. The Kier molecular flexibility index (Phi) is 6.59. The quantitative estimate of drug-likeness (QED) is 0.360. The van der Waals surface area contributed by atoms with Crippen LogP contribution in [0.15, 0.2) is 31.9 Å². The van der Waals surface area contributed by atoms with Gasteiger partial charge in [0.2, 0.25) is 5.88 Å². The van der Waals surface area contributed by atoms with Gasteiger partial charge in [-0.1, -0.05) is 5.11 Å². The van der Waals surface area contributed by atoms with E-state index < -0.39 is 35.3 Å². The number of aliphatic hydroxyl groups excluding tert-OH is 1. The van der Waals surface area contributed by atoms with Gasteiger partial charge < -0.3 is 14.6 Å². The number of nitrogens with zero attached hydrogens (tertiary/aromatic N) is 7. The third kappa shape index (κ3) is 4.38. The van der Waals surface area contributed by atoms with Crippen LogP contribution >= 0.6 is 0 Å². The molecule has 1 aliphatic rings. The predicted octanol–water partition coefficient (Wildman–Crippen LogP) is -0.149. The van der Waals surface area contributed by atoms with Crippen LogP contribution < -0.4 is 21.7 Å². The summed E-state index contributed by atoms with van der Waals surface area (Å²) in [5.74, 6) is 0.211. The Balaban J connectivity index is 1.93. The lowest BCUT2D eigenvalue weighted by Crippen LogP contribution is -2.43. The van der Waals surface area contributed by atoms with Crippen molar-refractivity contribution in [2.75, 3.05) is 13.7 Å². The molecule has 0 radical (unpaired) electrons. The summed E-state index contributed by atoms with van der Waals surface area (Å²) in [7, 11) is 1.41. The summed E-state index contributed by atoms with van der Waals surface area (Å²) in [5.41, 5.74) is 7.94. The van der Waals surface area contributed by atoms with Crippen LogP contribution in [0.25, 0.3) is 10.4 Å². The molecule has 13 nitrogen and oxygen atoms in total. The van der Waals surface area contributed by atoms with Gasteiger partial charge in [-0.05, 0) is 19.4 Å². The molecule has 0 spiro atoms. The molecule has 0 saturated carbocycles. The Morgan fingerprint density at radius 2 is 2.03 bits per heavy atom. The van der Waals surface area contributed by atoms with Crippen LogP contribution in [0.2, 0.25) is 0 Å². The Hall–Kier alpha value is -3.41. The zero-order chi connectivity index (χ0) is 22.7. The lowest BCUT2D eigenvalue weighted by atomic mass is 10.1. The van der Waals surface area contributed by atoms with Crippen LogP contribution in [-0.4, -0.2) is 49.7 Å². The summed E-state index contributed by atoms with van der Waals surface area (Å²) in [6, 6.07) is -0.639. The number of aryl methyl sites for hydroxylation is 3. The lowest BCUT2D eigenvalue weighted by molar-refractivity contribution is -0.0277. The monoisotopic (exact) mass is 433 g/mol. The fourth-order valence-corrected chi connectivity index (χ4v) is 3.56. The Bertz CT molecular complexity index is 1190. The van der Waals surface area contributed by atoms with Gasteiger partial charge in [0.05, 0.1) is 25.9 Å². The van der Waals surface area contributed by atoms with E-state index in [0.717, 1.165) is 4.57 Å². The van der Waals surface area contributed by atoms with Gasteiger partial charge >= 0.3 is 11.4 Å². The maximum Gasteiger partial charge on any atom is 0.350 e. The van der Waals surface area contributed by atoms with Crippen LogP contribution in [0.5, 0.6) is 5.88 Å². The maximum atomic E-state index is 13.0. The van der Waals surface area contributed by atoms with E-state index in [9.17, 15) is 19.5 Å². The zero-order valence-corrected chi connectivity index (χ0v) is 17.3. The smallest absolute Gasteiger partial charge is 0.350 e. The largest absolute Gasteiger partial charge is 0.481 e.